The third-order valence-electron chi connectivity index (χ3n) is 4.13. The van der Waals surface area contributed by atoms with Gasteiger partial charge in [-0.3, -0.25) is 4.79 Å². The van der Waals surface area contributed by atoms with Gasteiger partial charge in [-0.25, -0.2) is 0 Å². The first-order chi connectivity index (χ1) is 12.4. The van der Waals surface area contributed by atoms with Crippen molar-refractivity contribution in [3.05, 3.63) is 51.3 Å². The standard InChI is InChI=1S/C20H22BrN3O2/c1-5-8-24-13(2)9-15(14(24)3)10-16(12-22)20(25)23-18-11-17(21)6-7-19(18)26-4/h6-7,9-11H,5,8H2,1-4H3,(H,23,25)/b16-10+. The first-order valence-electron chi connectivity index (χ1n) is 8.34. The monoisotopic (exact) mass is 415 g/mol. The second kappa shape index (κ2) is 8.72. The number of nitriles is 1. The van der Waals surface area contributed by atoms with Gasteiger partial charge >= 0.3 is 0 Å². The third kappa shape index (κ3) is 4.36. The number of methoxy groups -OCH3 is 1. The van der Waals surface area contributed by atoms with Crippen molar-refractivity contribution in [3.8, 4) is 11.8 Å². The fraction of sp³-hybridized carbons (Fsp3) is 0.300. The van der Waals surface area contributed by atoms with Crippen LogP contribution in [0.4, 0.5) is 5.69 Å². The average molecular weight is 416 g/mol. The molecule has 0 radical (unpaired) electrons. The second-order valence-electron chi connectivity index (χ2n) is 5.95. The molecule has 5 nitrogen and oxygen atoms in total. The molecule has 26 heavy (non-hydrogen) atoms. The van der Waals surface area contributed by atoms with E-state index in [4.69, 9.17) is 4.74 Å². The largest absolute Gasteiger partial charge is 0.495 e. The van der Waals surface area contributed by atoms with E-state index in [-0.39, 0.29) is 5.57 Å². The molecule has 0 fully saturated rings. The molecule has 1 aromatic carbocycles. The molecule has 2 rings (SSSR count). The Hall–Kier alpha value is -2.52. The van der Waals surface area contributed by atoms with E-state index in [0.29, 0.717) is 11.4 Å². The van der Waals surface area contributed by atoms with Crippen LogP contribution >= 0.6 is 15.9 Å². The summed E-state index contributed by atoms with van der Waals surface area (Å²) in [6, 6.07) is 9.29. The fourth-order valence-corrected chi connectivity index (χ4v) is 3.17. The highest BCUT2D eigenvalue weighted by molar-refractivity contribution is 9.10. The summed E-state index contributed by atoms with van der Waals surface area (Å²) < 4.78 is 8.25. The molecule has 0 aliphatic heterocycles. The first kappa shape index (κ1) is 19.8. The van der Waals surface area contributed by atoms with Gasteiger partial charge in [0.05, 0.1) is 12.8 Å². The van der Waals surface area contributed by atoms with Gasteiger partial charge in [-0.2, -0.15) is 5.26 Å². The maximum atomic E-state index is 12.6. The molecule has 0 bridgehead atoms. The number of hydrogen-bond donors (Lipinski definition) is 1. The number of aryl methyl sites for hydroxylation is 1. The number of amides is 1. The Morgan fingerprint density at radius 2 is 2.12 bits per heavy atom. The second-order valence-corrected chi connectivity index (χ2v) is 6.86. The predicted octanol–water partition coefficient (Wildman–Crippen LogP) is 4.83. The van der Waals surface area contributed by atoms with Gasteiger partial charge in [-0.15, -0.1) is 0 Å². The van der Waals surface area contributed by atoms with E-state index in [1.807, 2.05) is 32.0 Å². The molecule has 6 heteroatoms. The van der Waals surface area contributed by atoms with Gasteiger partial charge in [-0.05, 0) is 56.2 Å². The molecule has 0 aliphatic carbocycles. The zero-order valence-electron chi connectivity index (χ0n) is 15.4. The van der Waals surface area contributed by atoms with Crippen LogP contribution in [0, 0.1) is 25.2 Å². The van der Waals surface area contributed by atoms with Crippen molar-refractivity contribution in [1.29, 1.82) is 5.26 Å². The highest BCUT2D eigenvalue weighted by Gasteiger charge is 2.15. The molecule has 0 saturated carbocycles. The molecule has 1 heterocycles. The number of halogens is 1. The lowest BCUT2D eigenvalue weighted by Crippen LogP contribution is -2.14. The van der Waals surface area contributed by atoms with Crippen LogP contribution in [0.3, 0.4) is 0 Å². The van der Waals surface area contributed by atoms with Crippen molar-refractivity contribution in [1.82, 2.24) is 4.57 Å². The van der Waals surface area contributed by atoms with Crippen LogP contribution in [0.1, 0.15) is 30.3 Å². The summed E-state index contributed by atoms with van der Waals surface area (Å²) in [6.45, 7) is 7.06. The molecular weight excluding hydrogens is 394 g/mol. The van der Waals surface area contributed by atoms with E-state index in [1.165, 1.54) is 7.11 Å². The predicted molar refractivity (Wildman–Crippen MR) is 107 cm³/mol. The number of carbonyl (C=O) groups excluding carboxylic acids is 1. The number of benzene rings is 1. The third-order valence-corrected chi connectivity index (χ3v) is 4.63. The number of carbonyl (C=O) groups is 1. The van der Waals surface area contributed by atoms with Gasteiger partial charge in [0.15, 0.2) is 0 Å². The Morgan fingerprint density at radius 1 is 1.38 bits per heavy atom. The molecule has 0 unspecified atom stereocenters. The summed E-state index contributed by atoms with van der Waals surface area (Å²) in [6.07, 6.45) is 2.65. The van der Waals surface area contributed by atoms with Gasteiger partial charge < -0.3 is 14.6 Å². The minimum absolute atomic E-state index is 0.0452. The highest BCUT2D eigenvalue weighted by atomic mass is 79.9. The smallest absolute Gasteiger partial charge is 0.266 e. The maximum absolute atomic E-state index is 12.6. The highest BCUT2D eigenvalue weighted by Crippen LogP contribution is 2.28. The summed E-state index contributed by atoms with van der Waals surface area (Å²) in [5, 5.41) is 12.2. The van der Waals surface area contributed by atoms with Crippen molar-refractivity contribution >= 4 is 33.6 Å². The molecule has 2 aromatic rings. The molecule has 1 amide bonds. The Labute approximate surface area is 162 Å². The number of nitrogens with zero attached hydrogens (tertiary/aromatic N) is 2. The van der Waals surface area contributed by atoms with E-state index >= 15 is 0 Å². The van der Waals surface area contributed by atoms with Crippen LogP contribution in [-0.2, 0) is 11.3 Å². The summed E-state index contributed by atoms with van der Waals surface area (Å²) in [4.78, 5) is 12.6. The van der Waals surface area contributed by atoms with E-state index in [2.05, 4.69) is 32.7 Å². The molecule has 1 aromatic heterocycles. The summed E-state index contributed by atoms with van der Waals surface area (Å²) in [5.41, 5.74) is 3.59. The Bertz CT molecular complexity index is 891. The number of hydrogen-bond acceptors (Lipinski definition) is 3. The van der Waals surface area contributed by atoms with Crippen LogP contribution in [0.2, 0.25) is 0 Å². The van der Waals surface area contributed by atoms with Gasteiger partial charge in [0, 0.05) is 22.4 Å². The Balaban J connectivity index is 2.33. The zero-order chi connectivity index (χ0) is 19.3. The number of ether oxygens (including phenoxy) is 1. The summed E-state index contributed by atoms with van der Waals surface area (Å²) >= 11 is 3.37. The molecule has 0 saturated heterocycles. The average Bonchev–Trinajstić information content (AvgIpc) is 2.87. The summed E-state index contributed by atoms with van der Waals surface area (Å²) in [5.74, 6) is 0.0594. The first-order valence-corrected chi connectivity index (χ1v) is 9.14. The van der Waals surface area contributed by atoms with Crippen molar-refractivity contribution in [2.75, 3.05) is 12.4 Å². The maximum Gasteiger partial charge on any atom is 0.266 e. The topological polar surface area (TPSA) is 67.0 Å². The molecule has 0 aliphatic rings. The lowest BCUT2D eigenvalue weighted by Gasteiger charge is -2.10. The van der Waals surface area contributed by atoms with E-state index < -0.39 is 5.91 Å². The van der Waals surface area contributed by atoms with Crippen LogP contribution < -0.4 is 10.1 Å². The van der Waals surface area contributed by atoms with Crippen LogP contribution in [0.5, 0.6) is 5.75 Å². The van der Waals surface area contributed by atoms with Crippen molar-refractivity contribution < 1.29 is 9.53 Å². The minimum atomic E-state index is -0.468. The molecule has 1 N–H and O–H groups in total. The molecular formula is C20H22BrN3O2. The number of aromatic nitrogens is 1. The Morgan fingerprint density at radius 3 is 2.73 bits per heavy atom. The number of anilines is 1. The number of nitrogens with one attached hydrogen (secondary N) is 1. The SMILES string of the molecule is CCCn1c(C)cc(/C=C(\C#N)C(=O)Nc2cc(Br)ccc2OC)c1C. The quantitative estimate of drug-likeness (QED) is 0.542. The van der Waals surface area contributed by atoms with Crippen molar-refractivity contribution in [2.45, 2.75) is 33.7 Å². The van der Waals surface area contributed by atoms with Crippen LogP contribution in [-0.4, -0.2) is 17.6 Å². The lowest BCUT2D eigenvalue weighted by molar-refractivity contribution is -0.112. The van der Waals surface area contributed by atoms with Crippen molar-refractivity contribution in [2.24, 2.45) is 0 Å². The minimum Gasteiger partial charge on any atom is -0.495 e. The molecule has 136 valence electrons. The fourth-order valence-electron chi connectivity index (χ4n) is 2.81. The zero-order valence-corrected chi connectivity index (χ0v) is 17.0. The normalized spacial score (nSPS) is 11.2. The van der Waals surface area contributed by atoms with Gasteiger partial charge in [-0.1, -0.05) is 22.9 Å². The summed E-state index contributed by atoms with van der Waals surface area (Å²) in [7, 11) is 1.53. The van der Waals surface area contributed by atoms with Crippen LogP contribution in [0.15, 0.2) is 34.3 Å². The molecule has 0 spiro atoms. The van der Waals surface area contributed by atoms with E-state index in [9.17, 15) is 10.1 Å². The molecule has 0 atom stereocenters. The van der Waals surface area contributed by atoms with Gasteiger partial charge in [0.25, 0.3) is 5.91 Å². The van der Waals surface area contributed by atoms with Gasteiger partial charge in [0.2, 0.25) is 0 Å². The van der Waals surface area contributed by atoms with E-state index in [0.717, 1.165) is 34.4 Å². The van der Waals surface area contributed by atoms with Gasteiger partial charge in [0.1, 0.15) is 17.4 Å². The van der Waals surface area contributed by atoms with E-state index in [1.54, 1.807) is 18.2 Å². The van der Waals surface area contributed by atoms with Crippen molar-refractivity contribution in [3.63, 3.8) is 0 Å². The lowest BCUT2D eigenvalue weighted by atomic mass is 10.1. The number of rotatable bonds is 6. The Kier molecular flexibility index (Phi) is 6.64. The van der Waals surface area contributed by atoms with Crippen LogP contribution in [0.25, 0.3) is 6.08 Å².